The maximum absolute atomic E-state index is 11.7. The molecule has 23 heavy (non-hydrogen) atoms. The predicted molar refractivity (Wildman–Crippen MR) is 89.9 cm³/mol. The molecule has 1 aromatic carbocycles. The number of nitrogens with zero attached hydrogens (tertiary/aromatic N) is 1. The summed E-state index contributed by atoms with van der Waals surface area (Å²) in [5, 5.41) is 16.1. The Morgan fingerprint density at radius 3 is 2.83 bits per heavy atom. The van der Waals surface area contributed by atoms with Gasteiger partial charge in [-0.05, 0) is 43.4 Å². The van der Waals surface area contributed by atoms with E-state index in [4.69, 9.17) is 16.6 Å². The Labute approximate surface area is 137 Å². The molecule has 0 aliphatic carbocycles. The van der Waals surface area contributed by atoms with Crippen molar-refractivity contribution in [2.45, 2.75) is 6.92 Å². The molecule has 2 N–H and O–H groups in total. The molecule has 1 amide bonds. The summed E-state index contributed by atoms with van der Waals surface area (Å²) in [5.41, 5.74) is 0.932. The van der Waals surface area contributed by atoms with E-state index in [1.165, 1.54) is 24.5 Å². The van der Waals surface area contributed by atoms with Crippen molar-refractivity contribution in [3.63, 3.8) is 0 Å². The zero-order valence-electron chi connectivity index (χ0n) is 12.1. The van der Waals surface area contributed by atoms with Gasteiger partial charge in [0, 0.05) is 23.4 Å². The highest BCUT2D eigenvalue weighted by atomic mass is 32.1. The van der Waals surface area contributed by atoms with Crippen molar-refractivity contribution in [1.29, 1.82) is 0 Å². The number of hydrogen-bond donors (Lipinski definition) is 2. The Kier molecular flexibility index (Phi) is 5.21. The van der Waals surface area contributed by atoms with Crippen LogP contribution in [0.4, 0.5) is 11.4 Å². The molecule has 0 aliphatic rings. The van der Waals surface area contributed by atoms with Gasteiger partial charge in [0.2, 0.25) is 5.91 Å². The molecular weight excluding hydrogens is 318 g/mol. The van der Waals surface area contributed by atoms with Gasteiger partial charge >= 0.3 is 0 Å². The number of carbonyl (C=O) groups excluding carboxylic acids is 1. The van der Waals surface area contributed by atoms with Crippen molar-refractivity contribution in [1.82, 2.24) is 5.32 Å². The van der Waals surface area contributed by atoms with Crippen LogP contribution < -0.4 is 10.6 Å². The summed E-state index contributed by atoms with van der Waals surface area (Å²) in [6.45, 7) is 1.64. The summed E-state index contributed by atoms with van der Waals surface area (Å²) in [7, 11) is 0. The molecule has 0 radical (unpaired) electrons. The third-order valence-electron chi connectivity index (χ3n) is 2.84. The van der Waals surface area contributed by atoms with Crippen LogP contribution in [0, 0.1) is 17.0 Å². The zero-order chi connectivity index (χ0) is 16.8. The van der Waals surface area contributed by atoms with Gasteiger partial charge in [-0.25, -0.2) is 0 Å². The van der Waals surface area contributed by atoms with Gasteiger partial charge in [-0.15, -0.1) is 0 Å². The Hall–Kier alpha value is -3.00. The van der Waals surface area contributed by atoms with Gasteiger partial charge in [0.15, 0.2) is 5.11 Å². The Morgan fingerprint density at radius 2 is 2.17 bits per heavy atom. The lowest BCUT2D eigenvalue weighted by Crippen LogP contribution is -2.32. The number of anilines is 1. The number of nitrogens with one attached hydrogen (secondary N) is 2. The quantitative estimate of drug-likeness (QED) is 0.387. The van der Waals surface area contributed by atoms with Crippen molar-refractivity contribution in [2.75, 3.05) is 5.32 Å². The van der Waals surface area contributed by atoms with Crippen molar-refractivity contribution in [3.8, 4) is 0 Å². The molecule has 0 atom stereocenters. The molecule has 0 fully saturated rings. The van der Waals surface area contributed by atoms with Gasteiger partial charge in [-0.1, -0.05) is 6.07 Å². The fourth-order valence-corrected chi connectivity index (χ4v) is 1.96. The number of nitro groups is 1. The van der Waals surface area contributed by atoms with Crippen LogP contribution in [0.2, 0.25) is 0 Å². The summed E-state index contributed by atoms with van der Waals surface area (Å²) in [4.78, 5) is 22.1. The Bertz CT molecular complexity index is 769. The normalized spacial score (nSPS) is 10.5. The van der Waals surface area contributed by atoms with Gasteiger partial charge in [0.05, 0.1) is 11.2 Å². The number of hydrogen-bond acceptors (Lipinski definition) is 5. The van der Waals surface area contributed by atoms with Crippen LogP contribution in [0.15, 0.2) is 47.1 Å². The van der Waals surface area contributed by atoms with E-state index in [9.17, 15) is 14.9 Å². The number of furan rings is 1. The highest BCUT2D eigenvalue weighted by Gasteiger charge is 2.11. The average molecular weight is 331 g/mol. The highest BCUT2D eigenvalue weighted by molar-refractivity contribution is 7.80. The maximum atomic E-state index is 11.7. The molecule has 0 bridgehead atoms. The van der Waals surface area contributed by atoms with Gasteiger partial charge in [0.1, 0.15) is 5.76 Å². The largest absolute Gasteiger partial charge is 0.465 e. The van der Waals surface area contributed by atoms with Crippen molar-refractivity contribution >= 4 is 40.7 Å². The van der Waals surface area contributed by atoms with Crippen LogP contribution in [0.3, 0.4) is 0 Å². The van der Waals surface area contributed by atoms with Crippen LogP contribution in [0.25, 0.3) is 6.08 Å². The maximum Gasteiger partial charge on any atom is 0.274 e. The molecule has 2 aromatic rings. The first-order chi connectivity index (χ1) is 11.0. The molecule has 2 rings (SSSR count). The summed E-state index contributed by atoms with van der Waals surface area (Å²) >= 11 is 5.00. The number of rotatable bonds is 4. The van der Waals surface area contributed by atoms with E-state index in [2.05, 4.69) is 10.6 Å². The third kappa shape index (κ3) is 4.75. The second-order valence-electron chi connectivity index (χ2n) is 4.55. The van der Waals surface area contributed by atoms with E-state index in [1.54, 1.807) is 31.2 Å². The molecule has 0 saturated carbocycles. The minimum atomic E-state index is -0.478. The number of nitro benzene ring substituents is 1. The van der Waals surface area contributed by atoms with E-state index >= 15 is 0 Å². The van der Waals surface area contributed by atoms with E-state index in [-0.39, 0.29) is 10.8 Å². The summed E-state index contributed by atoms with van der Waals surface area (Å²) < 4.78 is 5.05. The number of benzene rings is 1. The van der Waals surface area contributed by atoms with Gasteiger partial charge in [-0.3, -0.25) is 20.2 Å². The molecule has 0 saturated heterocycles. The summed E-state index contributed by atoms with van der Waals surface area (Å²) in [6, 6.07) is 7.99. The lowest BCUT2D eigenvalue weighted by molar-refractivity contribution is -0.385. The van der Waals surface area contributed by atoms with Crippen molar-refractivity contribution in [3.05, 3.63) is 64.1 Å². The molecule has 7 nitrogen and oxygen atoms in total. The summed E-state index contributed by atoms with van der Waals surface area (Å²) in [5.74, 6) is 0.0914. The highest BCUT2D eigenvalue weighted by Crippen LogP contribution is 2.22. The Balaban J connectivity index is 1.95. The fraction of sp³-hybridized carbons (Fsp3) is 0.0667. The van der Waals surface area contributed by atoms with Crippen molar-refractivity contribution < 1.29 is 14.1 Å². The average Bonchev–Trinajstić information content (AvgIpc) is 3.00. The molecule has 8 heteroatoms. The van der Waals surface area contributed by atoms with Crippen LogP contribution in [0.5, 0.6) is 0 Å². The van der Waals surface area contributed by atoms with E-state index in [1.807, 2.05) is 0 Å². The zero-order valence-corrected chi connectivity index (χ0v) is 12.9. The smallest absolute Gasteiger partial charge is 0.274 e. The molecule has 1 aromatic heterocycles. The minimum absolute atomic E-state index is 0.0261. The molecule has 118 valence electrons. The van der Waals surface area contributed by atoms with Crippen LogP contribution in [-0.2, 0) is 4.79 Å². The first-order valence-electron chi connectivity index (χ1n) is 6.54. The molecule has 0 spiro atoms. The monoisotopic (exact) mass is 331 g/mol. The minimum Gasteiger partial charge on any atom is -0.465 e. The van der Waals surface area contributed by atoms with E-state index in [0.717, 1.165) is 0 Å². The SMILES string of the molecule is Cc1ccc(NC(=S)NC(=O)/C=C/c2ccco2)cc1[N+](=O)[O-]. The number of carbonyl (C=O) groups is 1. The number of amides is 1. The first kappa shape index (κ1) is 16.4. The summed E-state index contributed by atoms with van der Waals surface area (Å²) in [6.07, 6.45) is 4.26. The first-order valence-corrected chi connectivity index (χ1v) is 6.95. The molecular formula is C15H13N3O4S. The van der Waals surface area contributed by atoms with Crippen molar-refractivity contribution in [2.24, 2.45) is 0 Å². The van der Waals surface area contributed by atoms with E-state index < -0.39 is 10.8 Å². The van der Waals surface area contributed by atoms with Crippen LogP contribution >= 0.6 is 12.2 Å². The van der Waals surface area contributed by atoms with Gasteiger partial charge in [-0.2, -0.15) is 0 Å². The molecule has 0 aliphatic heterocycles. The second kappa shape index (κ2) is 7.32. The second-order valence-corrected chi connectivity index (χ2v) is 4.96. The standard InChI is InChI=1S/C15H13N3O4S/c1-10-4-5-11(9-13(10)18(20)21)16-15(23)17-14(19)7-6-12-3-2-8-22-12/h2-9H,1H3,(H2,16,17,19,23)/b7-6+. The predicted octanol–water partition coefficient (Wildman–Crippen LogP) is 3.02. The van der Waals surface area contributed by atoms with E-state index in [0.29, 0.717) is 17.0 Å². The number of thiocarbonyl (C=S) groups is 1. The third-order valence-corrected chi connectivity index (χ3v) is 3.05. The molecule has 1 heterocycles. The van der Waals surface area contributed by atoms with Gasteiger partial charge in [0.25, 0.3) is 5.69 Å². The fourth-order valence-electron chi connectivity index (χ4n) is 1.74. The Morgan fingerprint density at radius 1 is 1.39 bits per heavy atom. The van der Waals surface area contributed by atoms with Crippen LogP contribution in [0.1, 0.15) is 11.3 Å². The molecule has 0 unspecified atom stereocenters. The van der Waals surface area contributed by atoms with Crippen LogP contribution in [-0.4, -0.2) is 15.9 Å². The lowest BCUT2D eigenvalue weighted by atomic mass is 10.2. The topological polar surface area (TPSA) is 97.4 Å². The lowest BCUT2D eigenvalue weighted by Gasteiger charge is -2.08. The van der Waals surface area contributed by atoms with Gasteiger partial charge < -0.3 is 9.73 Å². The number of aryl methyl sites for hydroxylation is 1.